The van der Waals surface area contributed by atoms with Gasteiger partial charge < -0.3 is 19.9 Å². The van der Waals surface area contributed by atoms with Gasteiger partial charge in [0.25, 0.3) is 0 Å². The Balaban J connectivity index is 1.41. The number of hydrogen-bond donors (Lipinski definition) is 2. The van der Waals surface area contributed by atoms with Gasteiger partial charge >= 0.3 is 0 Å². The van der Waals surface area contributed by atoms with Crippen molar-refractivity contribution in [2.45, 2.75) is 6.42 Å². The molecule has 0 bridgehead atoms. The average molecular weight is 336 g/mol. The topological polar surface area (TPSA) is 72.5 Å². The molecule has 0 radical (unpaired) electrons. The molecule has 4 rings (SSSR count). The summed E-state index contributed by atoms with van der Waals surface area (Å²) in [6.45, 7) is 2.96. The van der Waals surface area contributed by atoms with Crippen LogP contribution in [-0.4, -0.2) is 52.1 Å². The Labute approximate surface area is 145 Å². The van der Waals surface area contributed by atoms with Crippen molar-refractivity contribution >= 4 is 22.6 Å². The Hall–Kier alpha value is -3.02. The number of fused-ring (bicyclic) bond motifs is 1. The Morgan fingerprint density at radius 1 is 1.12 bits per heavy atom. The number of nitrogens with one attached hydrogen (secondary N) is 1. The van der Waals surface area contributed by atoms with E-state index in [0.717, 1.165) is 35.4 Å². The Morgan fingerprint density at radius 3 is 2.72 bits per heavy atom. The van der Waals surface area contributed by atoms with Crippen LogP contribution in [0.4, 0.5) is 5.69 Å². The summed E-state index contributed by atoms with van der Waals surface area (Å²) in [5, 5.41) is 9.53. The van der Waals surface area contributed by atoms with E-state index in [4.69, 9.17) is 0 Å². The van der Waals surface area contributed by atoms with Crippen molar-refractivity contribution in [1.82, 2.24) is 14.9 Å². The zero-order chi connectivity index (χ0) is 17.2. The van der Waals surface area contributed by atoms with Gasteiger partial charge in [-0.05, 0) is 29.8 Å². The second kappa shape index (κ2) is 6.47. The molecule has 0 spiro atoms. The fraction of sp³-hybridized carbons (Fsp3) is 0.263. The predicted octanol–water partition coefficient (Wildman–Crippen LogP) is 2.16. The van der Waals surface area contributed by atoms with E-state index in [1.165, 1.54) is 0 Å². The van der Waals surface area contributed by atoms with Crippen molar-refractivity contribution in [2.75, 3.05) is 31.1 Å². The van der Waals surface area contributed by atoms with E-state index in [9.17, 15) is 9.90 Å². The van der Waals surface area contributed by atoms with Crippen LogP contribution in [0, 0.1) is 0 Å². The maximum Gasteiger partial charge on any atom is 0.227 e. The zero-order valence-electron chi connectivity index (χ0n) is 13.9. The number of piperazine rings is 1. The first kappa shape index (κ1) is 15.5. The number of aromatic nitrogens is 2. The van der Waals surface area contributed by atoms with E-state index in [1.807, 2.05) is 23.1 Å². The highest BCUT2D eigenvalue weighted by Gasteiger charge is 2.22. The maximum atomic E-state index is 12.5. The molecule has 25 heavy (non-hydrogen) atoms. The molecule has 0 aliphatic carbocycles. The van der Waals surface area contributed by atoms with Crippen LogP contribution < -0.4 is 4.90 Å². The van der Waals surface area contributed by atoms with E-state index in [1.54, 1.807) is 24.5 Å². The molecule has 6 nitrogen and oxygen atoms in total. The summed E-state index contributed by atoms with van der Waals surface area (Å²) in [6.07, 6.45) is 2.03. The maximum absolute atomic E-state index is 12.5. The first-order valence-corrected chi connectivity index (χ1v) is 8.43. The first-order chi connectivity index (χ1) is 12.2. The van der Waals surface area contributed by atoms with Gasteiger partial charge in [-0.15, -0.1) is 0 Å². The van der Waals surface area contributed by atoms with Gasteiger partial charge in [-0.2, -0.15) is 0 Å². The molecule has 1 fully saturated rings. The van der Waals surface area contributed by atoms with Crippen LogP contribution in [0.15, 0.2) is 48.8 Å². The number of nitrogens with zero attached hydrogens (tertiary/aromatic N) is 3. The molecular weight excluding hydrogens is 316 g/mol. The summed E-state index contributed by atoms with van der Waals surface area (Å²) in [4.78, 5) is 24.2. The Kier molecular flexibility index (Phi) is 4.01. The van der Waals surface area contributed by atoms with Gasteiger partial charge in [-0.1, -0.05) is 18.2 Å². The molecular formula is C19H20N4O2. The van der Waals surface area contributed by atoms with E-state index < -0.39 is 0 Å². The van der Waals surface area contributed by atoms with Gasteiger partial charge in [0.1, 0.15) is 11.3 Å². The van der Waals surface area contributed by atoms with E-state index in [2.05, 4.69) is 20.9 Å². The number of anilines is 1. The number of rotatable bonds is 3. The van der Waals surface area contributed by atoms with Crippen LogP contribution in [0.1, 0.15) is 5.56 Å². The number of phenols is 1. The van der Waals surface area contributed by atoms with Crippen LogP contribution in [0.3, 0.4) is 0 Å². The van der Waals surface area contributed by atoms with E-state index in [0.29, 0.717) is 19.5 Å². The Morgan fingerprint density at radius 2 is 1.92 bits per heavy atom. The number of para-hydroxylation sites is 1. The second-order valence-electron chi connectivity index (χ2n) is 6.29. The van der Waals surface area contributed by atoms with Crippen molar-refractivity contribution in [3.8, 4) is 5.75 Å². The molecule has 0 unspecified atom stereocenters. The quantitative estimate of drug-likeness (QED) is 0.769. The summed E-state index contributed by atoms with van der Waals surface area (Å²) >= 11 is 0. The van der Waals surface area contributed by atoms with Crippen molar-refractivity contribution < 1.29 is 9.90 Å². The second-order valence-corrected chi connectivity index (χ2v) is 6.29. The lowest BCUT2D eigenvalue weighted by atomic mass is 10.1. The molecule has 1 aliphatic rings. The molecule has 6 heteroatoms. The van der Waals surface area contributed by atoms with Crippen molar-refractivity contribution in [2.24, 2.45) is 0 Å². The largest absolute Gasteiger partial charge is 0.508 e. The van der Waals surface area contributed by atoms with Gasteiger partial charge in [-0.25, -0.2) is 4.98 Å². The molecule has 0 saturated carbocycles. The standard InChI is InChI=1S/C19H20N4O2/c24-15-4-1-3-14(11-15)12-18(25)23-9-7-22(8-10-23)17-6-2-5-16-19(17)21-13-20-16/h1-6,11,13,24H,7-10,12H2,(H,20,21). The number of hydrogen-bond acceptors (Lipinski definition) is 4. The lowest BCUT2D eigenvalue weighted by Gasteiger charge is -2.36. The molecule has 3 aromatic rings. The summed E-state index contributed by atoms with van der Waals surface area (Å²) in [5.74, 6) is 0.297. The minimum Gasteiger partial charge on any atom is -0.508 e. The molecule has 1 aliphatic heterocycles. The van der Waals surface area contributed by atoms with Gasteiger partial charge in [0, 0.05) is 26.2 Å². The van der Waals surface area contributed by atoms with Crippen LogP contribution in [-0.2, 0) is 11.2 Å². The number of aromatic amines is 1. The minimum absolute atomic E-state index is 0.100. The van der Waals surface area contributed by atoms with Crippen molar-refractivity contribution in [3.05, 3.63) is 54.4 Å². The molecule has 2 N–H and O–H groups in total. The van der Waals surface area contributed by atoms with E-state index in [-0.39, 0.29) is 11.7 Å². The van der Waals surface area contributed by atoms with Gasteiger partial charge in [0.05, 0.1) is 24.0 Å². The molecule has 1 amide bonds. The summed E-state index contributed by atoms with van der Waals surface area (Å²) < 4.78 is 0. The SMILES string of the molecule is O=C(Cc1cccc(O)c1)N1CCN(c2cccc3[nH]cnc23)CC1. The summed E-state index contributed by atoms with van der Waals surface area (Å²) in [5.41, 5.74) is 3.95. The molecule has 2 heterocycles. The zero-order valence-corrected chi connectivity index (χ0v) is 13.9. The van der Waals surface area contributed by atoms with Crippen molar-refractivity contribution in [1.29, 1.82) is 0 Å². The van der Waals surface area contributed by atoms with Crippen LogP contribution >= 0.6 is 0 Å². The van der Waals surface area contributed by atoms with Crippen LogP contribution in [0.5, 0.6) is 5.75 Å². The molecule has 0 atom stereocenters. The third-order valence-corrected chi connectivity index (χ3v) is 4.67. The van der Waals surface area contributed by atoms with Gasteiger partial charge in [0.2, 0.25) is 5.91 Å². The molecule has 128 valence electrons. The van der Waals surface area contributed by atoms with Crippen LogP contribution in [0.2, 0.25) is 0 Å². The summed E-state index contributed by atoms with van der Waals surface area (Å²) in [7, 11) is 0. The fourth-order valence-electron chi connectivity index (χ4n) is 3.35. The Bertz CT molecular complexity index is 897. The molecule has 2 aromatic carbocycles. The highest BCUT2D eigenvalue weighted by atomic mass is 16.3. The average Bonchev–Trinajstić information content (AvgIpc) is 3.10. The lowest BCUT2D eigenvalue weighted by molar-refractivity contribution is -0.130. The highest BCUT2D eigenvalue weighted by Crippen LogP contribution is 2.25. The number of carbonyl (C=O) groups is 1. The third-order valence-electron chi connectivity index (χ3n) is 4.67. The number of benzene rings is 2. The monoisotopic (exact) mass is 336 g/mol. The first-order valence-electron chi connectivity index (χ1n) is 8.43. The van der Waals surface area contributed by atoms with Crippen LogP contribution in [0.25, 0.3) is 11.0 Å². The minimum atomic E-state index is 0.100. The summed E-state index contributed by atoms with van der Waals surface area (Å²) in [6, 6.07) is 13.0. The lowest BCUT2D eigenvalue weighted by Crippen LogP contribution is -2.49. The van der Waals surface area contributed by atoms with E-state index >= 15 is 0 Å². The number of H-pyrrole nitrogens is 1. The number of phenolic OH excluding ortho intramolecular Hbond substituents is 1. The fourth-order valence-corrected chi connectivity index (χ4v) is 3.35. The number of aromatic hydroxyl groups is 1. The highest BCUT2D eigenvalue weighted by molar-refractivity contribution is 5.88. The molecule has 1 aromatic heterocycles. The molecule has 1 saturated heterocycles. The number of carbonyl (C=O) groups excluding carboxylic acids is 1. The van der Waals surface area contributed by atoms with Gasteiger partial charge in [0.15, 0.2) is 0 Å². The third kappa shape index (κ3) is 3.15. The normalized spacial score (nSPS) is 14.9. The van der Waals surface area contributed by atoms with Crippen molar-refractivity contribution in [3.63, 3.8) is 0 Å². The predicted molar refractivity (Wildman–Crippen MR) is 96.7 cm³/mol. The number of amides is 1. The van der Waals surface area contributed by atoms with Gasteiger partial charge in [-0.3, -0.25) is 4.79 Å². The number of imidazole rings is 1. The smallest absolute Gasteiger partial charge is 0.227 e.